The molecule has 0 saturated carbocycles. The normalized spacial score (nSPS) is 3.53. The van der Waals surface area contributed by atoms with Crippen molar-refractivity contribution >= 4 is 17.8 Å². The Morgan fingerprint density at radius 1 is 0.412 bits per heavy atom. The van der Waals surface area contributed by atoms with Gasteiger partial charge in [-0.2, -0.15) is 0 Å². The first kappa shape index (κ1) is 52.2. The van der Waals surface area contributed by atoms with Crippen LogP contribution in [0, 0.1) is 0 Å². The first-order chi connectivity index (χ1) is 8.41. The monoisotopic (exact) mass is 290 g/mol. The van der Waals surface area contributed by atoms with Gasteiger partial charge in [0.15, 0.2) is 0 Å². The summed E-state index contributed by atoms with van der Waals surface area (Å²) >= 11 is 0. The number of rotatable bonds is 0. The van der Waals surface area contributed by atoms with Crippen LogP contribution in [-0.2, 0) is 0 Å². The lowest BCUT2D eigenvalue weighted by Gasteiger charge is -1.50. The third-order valence-corrected chi connectivity index (χ3v) is 0. The largest absolute Gasteiger partial charge is 0.141 e. The standard InChI is InChI=1S/C2H7P.6C2H6.CH5P/c1-3-2;7*1-2/h3H,1-2H3;6*1-2H3;2H2,1H3. The van der Waals surface area contributed by atoms with Gasteiger partial charge in [-0.15, -0.1) is 17.8 Å². The molecule has 0 aromatic carbocycles. The summed E-state index contributed by atoms with van der Waals surface area (Å²) in [5, 5.41) is 0. The molecule has 0 bridgehead atoms. The van der Waals surface area contributed by atoms with E-state index in [1.807, 2.05) is 89.7 Å². The van der Waals surface area contributed by atoms with Crippen molar-refractivity contribution in [2.24, 2.45) is 0 Å². The summed E-state index contributed by atoms with van der Waals surface area (Å²) in [5.41, 5.74) is 0. The minimum atomic E-state index is 1.08. The van der Waals surface area contributed by atoms with Gasteiger partial charge in [0, 0.05) is 0 Å². The van der Waals surface area contributed by atoms with Crippen molar-refractivity contribution in [2.45, 2.75) is 83.1 Å². The van der Waals surface area contributed by atoms with E-state index in [1.165, 1.54) is 0 Å². The summed E-state index contributed by atoms with van der Waals surface area (Å²) in [6, 6.07) is 0. The molecule has 0 aromatic heterocycles. The molecule has 0 rings (SSSR count). The molecule has 0 heterocycles. The molecule has 17 heavy (non-hydrogen) atoms. The molecule has 0 amide bonds. The number of hydrogen-bond donors (Lipinski definition) is 0. The molecule has 0 fully saturated rings. The molecule has 0 saturated heterocycles. The van der Waals surface area contributed by atoms with Crippen LogP contribution in [0.15, 0.2) is 0 Å². The average molecular weight is 290 g/mol. The topological polar surface area (TPSA) is 0 Å². The van der Waals surface area contributed by atoms with E-state index in [0.29, 0.717) is 0 Å². The van der Waals surface area contributed by atoms with Crippen LogP contribution in [0.3, 0.4) is 0 Å². The van der Waals surface area contributed by atoms with Crippen LogP contribution in [0.1, 0.15) is 83.1 Å². The van der Waals surface area contributed by atoms with Gasteiger partial charge >= 0.3 is 0 Å². The van der Waals surface area contributed by atoms with Crippen LogP contribution in [0.4, 0.5) is 0 Å². The Morgan fingerprint density at radius 2 is 0.412 bits per heavy atom. The zero-order chi connectivity index (χ0) is 16.7. The second kappa shape index (κ2) is 1230. The van der Waals surface area contributed by atoms with Gasteiger partial charge in [0.25, 0.3) is 0 Å². The maximum Gasteiger partial charge on any atom is -0.0475 e. The minimum Gasteiger partial charge on any atom is -0.141 e. The third-order valence-electron chi connectivity index (χ3n) is 0. The predicted molar refractivity (Wildman–Crippen MR) is 104 cm³/mol. The fourth-order valence-electron chi connectivity index (χ4n) is 0. The first-order valence-electron chi connectivity index (χ1n) is 7.58. The molecule has 0 radical (unpaired) electrons. The van der Waals surface area contributed by atoms with E-state index in [9.17, 15) is 0 Å². The van der Waals surface area contributed by atoms with Crippen LogP contribution in [-0.4, -0.2) is 20.0 Å². The van der Waals surface area contributed by atoms with E-state index in [4.69, 9.17) is 0 Å². The zero-order valence-electron chi connectivity index (χ0n) is 16.1. The van der Waals surface area contributed by atoms with E-state index in [2.05, 4.69) is 22.6 Å². The van der Waals surface area contributed by atoms with Crippen molar-refractivity contribution in [3.8, 4) is 0 Å². The third kappa shape index (κ3) is 5030. The Kier molecular flexibility index (Phi) is 3770. The Labute approximate surface area is 121 Å². The van der Waals surface area contributed by atoms with Gasteiger partial charge < -0.3 is 0 Å². The van der Waals surface area contributed by atoms with Gasteiger partial charge in [-0.25, -0.2) is 0 Å². The molecule has 0 N–H and O–H groups in total. The van der Waals surface area contributed by atoms with E-state index < -0.39 is 0 Å². The molecular formula is C15H48P2. The SMILES string of the molecule is CC.CC.CC.CC.CC.CC.CP.CPC. The van der Waals surface area contributed by atoms with Gasteiger partial charge in [-0.3, -0.25) is 0 Å². The Balaban J connectivity index is -0.00000000914. The van der Waals surface area contributed by atoms with Gasteiger partial charge in [0.1, 0.15) is 0 Å². The van der Waals surface area contributed by atoms with Crippen molar-refractivity contribution in [1.29, 1.82) is 0 Å². The summed E-state index contributed by atoms with van der Waals surface area (Å²) < 4.78 is 0. The maximum atomic E-state index is 2.42. The van der Waals surface area contributed by atoms with Crippen LogP contribution in [0.5, 0.6) is 0 Å². The maximum absolute atomic E-state index is 2.42. The van der Waals surface area contributed by atoms with E-state index in [0.717, 1.165) is 8.58 Å². The molecule has 0 aromatic rings. The second-order valence-corrected chi connectivity index (χ2v) is 1.50. The second-order valence-electron chi connectivity index (χ2n) is 0.500. The lowest BCUT2D eigenvalue weighted by molar-refractivity contribution is 1.50. The van der Waals surface area contributed by atoms with Gasteiger partial charge in [0.2, 0.25) is 0 Å². The lowest BCUT2D eigenvalue weighted by Crippen LogP contribution is -1.18. The Bertz CT molecular complexity index is 8.88. The molecule has 1 atom stereocenters. The van der Waals surface area contributed by atoms with Crippen LogP contribution < -0.4 is 0 Å². The smallest absolute Gasteiger partial charge is 0.0475 e. The molecule has 0 nitrogen and oxygen atoms in total. The van der Waals surface area contributed by atoms with Gasteiger partial charge in [-0.1, -0.05) is 89.7 Å². The van der Waals surface area contributed by atoms with Crippen LogP contribution in [0.2, 0.25) is 0 Å². The van der Waals surface area contributed by atoms with Crippen molar-refractivity contribution in [2.75, 3.05) is 20.0 Å². The number of hydrogen-bond acceptors (Lipinski definition) is 0. The van der Waals surface area contributed by atoms with Crippen molar-refractivity contribution in [1.82, 2.24) is 0 Å². The Hall–Kier alpha value is 0.860. The molecule has 1 unspecified atom stereocenters. The molecule has 2 heteroatoms. The highest BCUT2D eigenvalue weighted by molar-refractivity contribution is 7.35. The molecule has 0 spiro atoms. The Morgan fingerprint density at radius 3 is 0.412 bits per heavy atom. The summed E-state index contributed by atoms with van der Waals surface area (Å²) in [4.78, 5) is 0. The lowest BCUT2D eigenvalue weighted by atomic mass is 11.0. The van der Waals surface area contributed by atoms with E-state index >= 15 is 0 Å². The predicted octanol–water partition coefficient (Wildman–Crippen LogP) is 7.57. The zero-order valence-corrected chi connectivity index (χ0v) is 18.2. The molecule has 0 aliphatic heterocycles. The summed E-state index contributed by atoms with van der Waals surface area (Å²) in [7, 11) is 3.50. The molecule has 0 aliphatic carbocycles. The summed E-state index contributed by atoms with van der Waals surface area (Å²) in [6.07, 6.45) is 0. The fraction of sp³-hybridized carbons (Fsp3) is 1.00. The summed E-state index contributed by atoms with van der Waals surface area (Å²) in [5.74, 6) is 0. The molecule has 0 aliphatic rings. The minimum absolute atomic E-state index is 1.08. The molecule has 118 valence electrons. The highest BCUT2D eigenvalue weighted by Gasteiger charge is 1.33. The van der Waals surface area contributed by atoms with Gasteiger partial charge in [-0.05, 0) is 13.3 Å². The van der Waals surface area contributed by atoms with Crippen molar-refractivity contribution < 1.29 is 0 Å². The van der Waals surface area contributed by atoms with Gasteiger partial charge in [0.05, 0.1) is 0 Å². The average Bonchev–Trinajstić information content (AvgIpc) is 2.53. The van der Waals surface area contributed by atoms with Crippen LogP contribution in [0.25, 0.3) is 0 Å². The highest BCUT2D eigenvalue weighted by Crippen LogP contribution is 1.84. The van der Waals surface area contributed by atoms with Crippen molar-refractivity contribution in [3.05, 3.63) is 0 Å². The van der Waals surface area contributed by atoms with Crippen molar-refractivity contribution in [3.63, 3.8) is 0 Å². The van der Waals surface area contributed by atoms with Crippen LogP contribution >= 0.6 is 17.8 Å². The quantitative estimate of drug-likeness (QED) is 0.403. The highest BCUT2D eigenvalue weighted by atomic mass is 31.1. The fourth-order valence-corrected chi connectivity index (χ4v) is 0. The van der Waals surface area contributed by atoms with E-state index in [-0.39, 0.29) is 0 Å². The molecular weight excluding hydrogens is 242 g/mol. The first-order valence-corrected chi connectivity index (χ1v) is 10.7. The van der Waals surface area contributed by atoms with E-state index in [1.54, 1.807) is 0 Å². The summed E-state index contributed by atoms with van der Waals surface area (Å²) in [6.45, 7) is 30.2.